The van der Waals surface area contributed by atoms with Gasteiger partial charge in [-0.05, 0) is 57.5 Å². The van der Waals surface area contributed by atoms with Crippen LogP contribution in [0.25, 0.3) is 0 Å². The topological polar surface area (TPSA) is 15.3 Å². The fourth-order valence-electron chi connectivity index (χ4n) is 4.22. The van der Waals surface area contributed by atoms with Crippen LogP contribution in [0.5, 0.6) is 0 Å². The summed E-state index contributed by atoms with van der Waals surface area (Å²) in [4.78, 5) is 2.83. The Morgan fingerprint density at radius 2 is 1.80 bits per heavy atom. The van der Waals surface area contributed by atoms with Crippen molar-refractivity contribution in [3.8, 4) is 0 Å². The molecule has 20 heavy (non-hydrogen) atoms. The lowest BCUT2D eigenvalue weighted by atomic mass is 9.73. The summed E-state index contributed by atoms with van der Waals surface area (Å²) in [6.07, 6.45) is 14.3. The van der Waals surface area contributed by atoms with Crippen LogP contribution in [0.15, 0.2) is 0 Å². The van der Waals surface area contributed by atoms with Crippen LogP contribution in [0.4, 0.5) is 0 Å². The highest BCUT2D eigenvalue weighted by atomic mass is 15.2. The number of likely N-dealkylation sites (tertiary alicyclic amines) is 1. The number of nitrogens with one attached hydrogen (secondary N) is 1. The van der Waals surface area contributed by atoms with Crippen LogP contribution in [0.3, 0.4) is 0 Å². The molecule has 1 unspecified atom stereocenters. The number of hydrogen-bond donors (Lipinski definition) is 1. The summed E-state index contributed by atoms with van der Waals surface area (Å²) < 4.78 is 0. The maximum Gasteiger partial charge on any atom is 0.00671 e. The summed E-state index contributed by atoms with van der Waals surface area (Å²) >= 11 is 0. The molecule has 1 heterocycles. The molecule has 0 aromatic rings. The lowest BCUT2D eigenvalue weighted by Crippen LogP contribution is -2.48. The Morgan fingerprint density at radius 1 is 1.05 bits per heavy atom. The molecule has 0 bridgehead atoms. The van der Waals surface area contributed by atoms with Crippen molar-refractivity contribution >= 4 is 0 Å². The van der Waals surface area contributed by atoms with Gasteiger partial charge in [0.05, 0.1) is 0 Å². The average molecular weight is 280 g/mol. The van der Waals surface area contributed by atoms with E-state index in [1.165, 1.54) is 90.4 Å². The minimum absolute atomic E-state index is 0.575. The Labute approximate surface area is 126 Å². The van der Waals surface area contributed by atoms with Crippen LogP contribution in [0, 0.1) is 5.41 Å². The summed E-state index contributed by atoms with van der Waals surface area (Å²) in [5.74, 6) is 0. The monoisotopic (exact) mass is 280 g/mol. The first kappa shape index (κ1) is 16.3. The van der Waals surface area contributed by atoms with Crippen LogP contribution >= 0.6 is 0 Å². The summed E-state index contributed by atoms with van der Waals surface area (Å²) in [6, 6.07) is 0.808. The van der Waals surface area contributed by atoms with Crippen LogP contribution in [-0.2, 0) is 0 Å². The maximum absolute atomic E-state index is 3.74. The van der Waals surface area contributed by atoms with Crippen LogP contribution < -0.4 is 5.32 Å². The lowest BCUT2D eigenvalue weighted by molar-refractivity contribution is 0.0808. The van der Waals surface area contributed by atoms with Gasteiger partial charge in [0.1, 0.15) is 0 Å². The Bertz CT molecular complexity index is 258. The second-order valence-electron chi connectivity index (χ2n) is 7.41. The molecule has 1 atom stereocenters. The van der Waals surface area contributed by atoms with E-state index in [0.29, 0.717) is 5.41 Å². The minimum Gasteiger partial charge on any atom is -0.316 e. The zero-order chi connectivity index (χ0) is 14.3. The van der Waals surface area contributed by atoms with Crippen molar-refractivity contribution in [1.29, 1.82) is 0 Å². The Hall–Kier alpha value is -0.0800. The van der Waals surface area contributed by atoms with Gasteiger partial charge in [-0.2, -0.15) is 0 Å². The highest BCUT2D eigenvalue weighted by Crippen LogP contribution is 2.37. The molecule has 2 nitrogen and oxygen atoms in total. The predicted molar refractivity (Wildman–Crippen MR) is 88.2 cm³/mol. The molecule has 0 aromatic carbocycles. The highest BCUT2D eigenvalue weighted by molar-refractivity contribution is 4.89. The van der Waals surface area contributed by atoms with Crippen molar-refractivity contribution in [2.24, 2.45) is 5.41 Å². The summed E-state index contributed by atoms with van der Waals surface area (Å²) in [6.45, 7) is 9.88. The average Bonchev–Trinajstić information content (AvgIpc) is 2.66. The van der Waals surface area contributed by atoms with Crippen molar-refractivity contribution < 1.29 is 0 Å². The molecule has 0 spiro atoms. The van der Waals surface area contributed by atoms with Gasteiger partial charge in [-0.25, -0.2) is 0 Å². The number of rotatable bonds is 6. The predicted octanol–water partition coefficient (Wildman–Crippen LogP) is 4.20. The lowest BCUT2D eigenvalue weighted by Gasteiger charge is -2.43. The zero-order valence-electron chi connectivity index (χ0n) is 13.9. The van der Waals surface area contributed by atoms with Gasteiger partial charge in [-0.3, -0.25) is 0 Å². The highest BCUT2D eigenvalue weighted by Gasteiger charge is 2.34. The van der Waals surface area contributed by atoms with Crippen molar-refractivity contribution in [1.82, 2.24) is 10.2 Å². The Balaban J connectivity index is 1.94. The SMILES string of the molecule is CCCNCC1(CN2CCCCCC2C)CCCCC1. The zero-order valence-corrected chi connectivity index (χ0v) is 13.9. The third-order valence-electron chi connectivity index (χ3n) is 5.57. The van der Waals surface area contributed by atoms with Crippen molar-refractivity contribution in [2.75, 3.05) is 26.2 Å². The van der Waals surface area contributed by atoms with Gasteiger partial charge in [0.15, 0.2) is 0 Å². The third kappa shape index (κ3) is 4.73. The molecule has 2 fully saturated rings. The molecule has 2 rings (SSSR count). The third-order valence-corrected chi connectivity index (χ3v) is 5.57. The standard InChI is InChI=1S/C18H36N2/c1-3-13-19-15-18(11-7-5-8-12-18)16-20-14-9-4-6-10-17(20)2/h17,19H,3-16H2,1-2H3. The van der Waals surface area contributed by atoms with E-state index in [2.05, 4.69) is 24.1 Å². The molecule has 0 radical (unpaired) electrons. The van der Waals surface area contributed by atoms with E-state index in [1.54, 1.807) is 0 Å². The molecule has 1 saturated heterocycles. The molecule has 2 heteroatoms. The Morgan fingerprint density at radius 3 is 2.55 bits per heavy atom. The number of nitrogens with zero attached hydrogens (tertiary/aromatic N) is 1. The summed E-state index contributed by atoms with van der Waals surface area (Å²) in [5.41, 5.74) is 0.575. The molecule has 1 N–H and O–H groups in total. The van der Waals surface area contributed by atoms with Crippen LogP contribution in [0.1, 0.15) is 78.1 Å². The first-order valence-corrected chi connectivity index (χ1v) is 9.20. The van der Waals surface area contributed by atoms with Crippen molar-refractivity contribution in [3.63, 3.8) is 0 Å². The van der Waals surface area contributed by atoms with E-state index in [9.17, 15) is 0 Å². The van der Waals surface area contributed by atoms with E-state index in [1.807, 2.05) is 0 Å². The quantitative estimate of drug-likeness (QED) is 0.734. The van der Waals surface area contributed by atoms with E-state index in [4.69, 9.17) is 0 Å². The Kier molecular flexibility index (Phi) is 6.83. The maximum atomic E-state index is 3.74. The smallest absolute Gasteiger partial charge is 0.00671 e. The molecular weight excluding hydrogens is 244 g/mol. The fourth-order valence-corrected chi connectivity index (χ4v) is 4.22. The van der Waals surface area contributed by atoms with Gasteiger partial charge in [0.25, 0.3) is 0 Å². The van der Waals surface area contributed by atoms with Crippen molar-refractivity contribution in [2.45, 2.75) is 84.1 Å². The summed E-state index contributed by atoms with van der Waals surface area (Å²) in [5, 5.41) is 3.74. The van der Waals surface area contributed by atoms with Gasteiger partial charge < -0.3 is 10.2 Å². The largest absolute Gasteiger partial charge is 0.316 e. The second-order valence-corrected chi connectivity index (χ2v) is 7.41. The van der Waals surface area contributed by atoms with Crippen molar-refractivity contribution in [3.05, 3.63) is 0 Å². The van der Waals surface area contributed by atoms with E-state index >= 15 is 0 Å². The number of hydrogen-bond acceptors (Lipinski definition) is 2. The van der Waals surface area contributed by atoms with Gasteiger partial charge in [-0.15, -0.1) is 0 Å². The molecule has 0 amide bonds. The van der Waals surface area contributed by atoms with E-state index in [0.717, 1.165) is 6.04 Å². The molecular formula is C18H36N2. The van der Waals surface area contributed by atoms with Gasteiger partial charge >= 0.3 is 0 Å². The van der Waals surface area contributed by atoms with E-state index in [-0.39, 0.29) is 0 Å². The fraction of sp³-hybridized carbons (Fsp3) is 1.00. The molecule has 118 valence electrons. The molecule has 1 saturated carbocycles. The molecule has 1 aliphatic carbocycles. The minimum atomic E-state index is 0.575. The summed E-state index contributed by atoms with van der Waals surface area (Å²) in [7, 11) is 0. The van der Waals surface area contributed by atoms with Gasteiger partial charge in [-0.1, -0.05) is 39.0 Å². The van der Waals surface area contributed by atoms with Gasteiger partial charge in [0, 0.05) is 19.1 Å². The second kappa shape index (κ2) is 8.38. The normalized spacial score (nSPS) is 28.2. The first-order valence-electron chi connectivity index (χ1n) is 9.20. The van der Waals surface area contributed by atoms with Crippen LogP contribution in [-0.4, -0.2) is 37.1 Å². The van der Waals surface area contributed by atoms with Gasteiger partial charge in [0.2, 0.25) is 0 Å². The molecule has 2 aliphatic rings. The van der Waals surface area contributed by atoms with E-state index < -0.39 is 0 Å². The molecule has 0 aromatic heterocycles. The molecule has 1 aliphatic heterocycles. The first-order chi connectivity index (χ1) is 9.76. The van der Waals surface area contributed by atoms with Crippen LogP contribution in [0.2, 0.25) is 0 Å².